The molecule has 1 atom stereocenters. The van der Waals surface area contributed by atoms with Crippen molar-refractivity contribution in [3.63, 3.8) is 0 Å². The van der Waals surface area contributed by atoms with Crippen molar-refractivity contribution in [2.24, 2.45) is 0 Å². The van der Waals surface area contributed by atoms with Crippen molar-refractivity contribution in [1.29, 1.82) is 0 Å². The van der Waals surface area contributed by atoms with E-state index in [0.29, 0.717) is 18.1 Å². The maximum absolute atomic E-state index is 12.7. The minimum absolute atomic E-state index is 0.0167. The molecule has 8 heteroatoms. The van der Waals surface area contributed by atoms with Crippen LogP contribution in [-0.2, 0) is 16.1 Å². The van der Waals surface area contributed by atoms with Crippen LogP contribution in [0.25, 0.3) is 11.3 Å². The molecule has 0 saturated heterocycles. The molecule has 3 aromatic rings. The molecule has 2 aromatic carbocycles. The maximum atomic E-state index is 12.7. The van der Waals surface area contributed by atoms with Crippen molar-refractivity contribution in [1.82, 2.24) is 10.6 Å². The number of nitrogens with one attached hydrogen (secondary N) is 2. The molecule has 0 spiro atoms. The highest BCUT2D eigenvalue weighted by atomic mass is 16.5. The average Bonchev–Trinajstić information content (AvgIpc) is 3.32. The van der Waals surface area contributed by atoms with Crippen molar-refractivity contribution in [3.05, 3.63) is 78.1 Å². The van der Waals surface area contributed by atoms with Crippen LogP contribution in [0.5, 0.6) is 5.75 Å². The van der Waals surface area contributed by atoms with Crippen LogP contribution in [0.2, 0.25) is 0 Å². The van der Waals surface area contributed by atoms with Gasteiger partial charge in [0.2, 0.25) is 5.91 Å². The van der Waals surface area contributed by atoms with Gasteiger partial charge >= 0.3 is 5.97 Å². The summed E-state index contributed by atoms with van der Waals surface area (Å²) in [5.74, 6) is -0.960. The van der Waals surface area contributed by atoms with E-state index in [9.17, 15) is 14.4 Å². The van der Waals surface area contributed by atoms with E-state index in [1.807, 2.05) is 55.5 Å². The minimum atomic E-state index is -1.06. The van der Waals surface area contributed by atoms with Gasteiger partial charge in [-0.1, -0.05) is 42.5 Å². The molecular formula is C25H26N2O6. The molecule has 8 nitrogen and oxygen atoms in total. The second-order valence-electron chi connectivity index (χ2n) is 7.29. The fourth-order valence-electron chi connectivity index (χ4n) is 3.20. The van der Waals surface area contributed by atoms with E-state index in [-0.39, 0.29) is 25.1 Å². The smallest absolute Gasteiger partial charge is 0.303 e. The molecule has 2 amide bonds. The van der Waals surface area contributed by atoms with E-state index in [2.05, 4.69) is 10.6 Å². The lowest BCUT2D eigenvalue weighted by molar-refractivity contribution is -0.137. The van der Waals surface area contributed by atoms with Gasteiger partial charge in [-0.3, -0.25) is 14.4 Å². The van der Waals surface area contributed by atoms with Crippen LogP contribution in [-0.4, -0.2) is 35.5 Å². The zero-order chi connectivity index (χ0) is 23.6. The van der Waals surface area contributed by atoms with Crippen LogP contribution in [0.4, 0.5) is 0 Å². The lowest BCUT2D eigenvalue weighted by Gasteiger charge is -2.17. The SMILES string of the molecule is CCOc1cccc(-c2ccc(C(=O)N[C@@H](CCC(=O)O)C(=O)NCc3ccccc3)o2)c1. The highest BCUT2D eigenvalue weighted by Crippen LogP contribution is 2.26. The third-order valence-electron chi connectivity index (χ3n) is 4.84. The molecule has 0 aliphatic rings. The average molecular weight is 450 g/mol. The topological polar surface area (TPSA) is 118 Å². The van der Waals surface area contributed by atoms with Crippen LogP contribution in [0.15, 0.2) is 71.1 Å². The van der Waals surface area contributed by atoms with Gasteiger partial charge in [0.25, 0.3) is 5.91 Å². The lowest BCUT2D eigenvalue weighted by Crippen LogP contribution is -2.46. The summed E-state index contributed by atoms with van der Waals surface area (Å²) in [5, 5.41) is 14.3. The standard InChI is InChI=1S/C25H26N2O6/c1-2-32-19-10-6-9-18(15-19)21-12-13-22(33-21)25(31)27-20(11-14-23(28)29)24(30)26-16-17-7-4-3-5-8-17/h3-10,12-13,15,20H,2,11,14,16H2,1H3,(H,26,30)(H,27,31)(H,28,29)/t20-/m0/s1. The van der Waals surface area contributed by atoms with E-state index in [4.69, 9.17) is 14.3 Å². The number of furan rings is 1. The summed E-state index contributed by atoms with van der Waals surface area (Å²) in [7, 11) is 0. The van der Waals surface area contributed by atoms with E-state index in [1.54, 1.807) is 12.1 Å². The van der Waals surface area contributed by atoms with Crippen molar-refractivity contribution in [2.75, 3.05) is 6.61 Å². The molecule has 0 unspecified atom stereocenters. The summed E-state index contributed by atoms with van der Waals surface area (Å²) in [6.07, 6.45) is -0.316. The molecule has 0 bridgehead atoms. The van der Waals surface area contributed by atoms with Crippen LogP contribution in [0.1, 0.15) is 35.9 Å². The Hall–Kier alpha value is -4.07. The van der Waals surface area contributed by atoms with Crippen molar-refractivity contribution in [3.8, 4) is 17.1 Å². The van der Waals surface area contributed by atoms with Crippen molar-refractivity contribution in [2.45, 2.75) is 32.4 Å². The molecule has 0 radical (unpaired) electrons. The third kappa shape index (κ3) is 6.96. The Balaban J connectivity index is 1.68. The van der Waals surface area contributed by atoms with E-state index in [0.717, 1.165) is 11.1 Å². The molecule has 33 heavy (non-hydrogen) atoms. The molecule has 172 valence electrons. The maximum Gasteiger partial charge on any atom is 0.303 e. The summed E-state index contributed by atoms with van der Waals surface area (Å²) >= 11 is 0. The first-order chi connectivity index (χ1) is 16.0. The molecule has 0 aliphatic carbocycles. The summed E-state index contributed by atoms with van der Waals surface area (Å²) in [6, 6.07) is 18.7. The Morgan fingerprint density at radius 3 is 2.55 bits per heavy atom. The molecular weight excluding hydrogens is 424 g/mol. The highest BCUT2D eigenvalue weighted by Gasteiger charge is 2.24. The zero-order valence-electron chi connectivity index (χ0n) is 18.2. The number of rotatable bonds is 11. The third-order valence-corrected chi connectivity index (χ3v) is 4.84. The Morgan fingerprint density at radius 1 is 1.03 bits per heavy atom. The largest absolute Gasteiger partial charge is 0.494 e. The fraction of sp³-hybridized carbons (Fsp3) is 0.240. The van der Waals surface area contributed by atoms with Gasteiger partial charge in [0.1, 0.15) is 17.6 Å². The molecule has 3 N–H and O–H groups in total. The van der Waals surface area contributed by atoms with E-state index in [1.165, 1.54) is 6.07 Å². The number of amides is 2. The van der Waals surface area contributed by atoms with Crippen molar-refractivity contribution >= 4 is 17.8 Å². The molecule has 1 aromatic heterocycles. The normalized spacial score (nSPS) is 11.4. The first-order valence-corrected chi connectivity index (χ1v) is 10.6. The minimum Gasteiger partial charge on any atom is -0.494 e. The first-order valence-electron chi connectivity index (χ1n) is 10.6. The van der Waals surface area contributed by atoms with Crippen molar-refractivity contribution < 1.29 is 28.6 Å². The van der Waals surface area contributed by atoms with Crippen LogP contribution in [0.3, 0.4) is 0 Å². The van der Waals surface area contributed by atoms with Gasteiger partial charge in [-0.05, 0) is 43.2 Å². The number of hydrogen-bond donors (Lipinski definition) is 3. The number of carboxylic acids is 1. The lowest BCUT2D eigenvalue weighted by atomic mass is 10.1. The van der Waals surface area contributed by atoms with Crippen LogP contribution in [0, 0.1) is 0 Å². The monoisotopic (exact) mass is 450 g/mol. The van der Waals surface area contributed by atoms with Gasteiger partial charge < -0.3 is 24.9 Å². The predicted molar refractivity (Wildman–Crippen MR) is 122 cm³/mol. The number of aliphatic carboxylic acids is 1. The molecule has 3 rings (SSSR count). The first kappa shape index (κ1) is 23.6. The second-order valence-corrected chi connectivity index (χ2v) is 7.29. The Kier molecular flexibility index (Phi) is 8.24. The van der Waals surface area contributed by atoms with E-state index < -0.39 is 23.8 Å². The Morgan fingerprint density at radius 2 is 1.82 bits per heavy atom. The van der Waals surface area contributed by atoms with Gasteiger partial charge in [-0.2, -0.15) is 0 Å². The zero-order valence-corrected chi connectivity index (χ0v) is 18.2. The highest BCUT2D eigenvalue weighted by molar-refractivity contribution is 5.96. The second kappa shape index (κ2) is 11.5. The number of hydrogen-bond acceptors (Lipinski definition) is 5. The van der Waals surface area contributed by atoms with Crippen LogP contribution < -0.4 is 15.4 Å². The number of ether oxygens (including phenoxy) is 1. The van der Waals surface area contributed by atoms with Gasteiger partial charge in [0.05, 0.1) is 6.61 Å². The summed E-state index contributed by atoms with van der Waals surface area (Å²) in [5.41, 5.74) is 1.63. The summed E-state index contributed by atoms with van der Waals surface area (Å²) in [4.78, 5) is 36.4. The summed E-state index contributed by atoms with van der Waals surface area (Å²) < 4.78 is 11.2. The number of carboxylic acid groups (broad SMARTS) is 1. The quantitative estimate of drug-likeness (QED) is 0.411. The molecule has 0 saturated carbocycles. The summed E-state index contributed by atoms with van der Waals surface area (Å²) in [6.45, 7) is 2.68. The fourth-order valence-corrected chi connectivity index (χ4v) is 3.20. The van der Waals surface area contributed by atoms with E-state index >= 15 is 0 Å². The number of carbonyl (C=O) groups is 3. The van der Waals surface area contributed by atoms with Crippen LogP contribution >= 0.6 is 0 Å². The Bertz CT molecular complexity index is 1090. The predicted octanol–water partition coefficient (Wildman–Crippen LogP) is 3.62. The molecule has 1 heterocycles. The number of carbonyl (C=O) groups excluding carboxylic acids is 2. The molecule has 0 aliphatic heterocycles. The molecule has 0 fully saturated rings. The number of benzene rings is 2. The van der Waals surface area contributed by atoms with Gasteiger partial charge in [0.15, 0.2) is 5.76 Å². The van der Waals surface area contributed by atoms with Gasteiger partial charge in [0, 0.05) is 18.5 Å². The van der Waals surface area contributed by atoms with Gasteiger partial charge in [-0.25, -0.2) is 0 Å². The Labute approximate surface area is 191 Å². The van der Waals surface area contributed by atoms with Gasteiger partial charge in [-0.15, -0.1) is 0 Å².